The van der Waals surface area contributed by atoms with Crippen LogP contribution in [0.2, 0.25) is 0 Å². The fourth-order valence-corrected chi connectivity index (χ4v) is 2.61. The molecule has 0 aliphatic heterocycles. The Bertz CT molecular complexity index is 511. The van der Waals surface area contributed by atoms with Crippen molar-refractivity contribution in [3.8, 4) is 0 Å². The highest BCUT2D eigenvalue weighted by molar-refractivity contribution is 5.21. The van der Waals surface area contributed by atoms with E-state index in [-0.39, 0.29) is 0 Å². The molecule has 0 amide bonds. The van der Waals surface area contributed by atoms with Gasteiger partial charge in [0.15, 0.2) is 0 Å². The SMILES string of the molecule is CCCCCc1ccc(C[n+]2ccn(CCCC)c2)cc1. The molecule has 0 bridgehead atoms. The third-order valence-corrected chi connectivity index (χ3v) is 3.97. The highest BCUT2D eigenvalue weighted by atomic mass is 15.1. The summed E-state index contributed by atoms with van der Waals surface area (Å²) in [5, 5.41) is 0. The van der Waals surface area contributed by atoms with E-state index in [9.17, 15) is 0 Å². The molecule has 0 aliphatic rings. The van der Waals surface area contributed by atoms with Gasteiger partial charge in [-0.05, 0) is 30.4 Å². The molecule has 2 rings (SSSR count). The van der Waals surface area contributed by atoms with Crippen molar-refractivity contribution in [2.45, 2.75) is 65.5 Å². The number of hydrogen-bond acceptors (Lipinski definition) is 0. The van der Waals surface area contributed by atoms with Gasteiger partial charge in [0.2, 0.25) is 6.33 Å². The summed E-state index contributed by atoms with van der Waals surface area (Å²) in [6.07, 6.45) is 14.2. The van der Waals surface area contributed by atoms with Gasteiger partial charge in [0, 0.05) is 0 Å². The predicted octanol–water partition coefficient (Wildman–Crippen LogP) is 4.36. The number of nitrogens with zero attached hydrogens (tertiary/aromatic N) is 2. The average molecular weight is 285 g/mol. The molecule has 1 heterocycles. The lowest BCUT2D eigenvalue weighted by atomic mass is 10.1. The molecule has 0 unspecified atom stereocenters. The number of aromatic nitrogens is 2. The molecule has 0 fully saturated rings. The Morgan fingerprint density at radius 3 is 2.33 bits per heavy atom. The summed E-state index contributed by atoms with van der Waals surface area (Å²) in [7, 11) is 0. The summed E-state index contributed by atoms with van der Waals surface area (Å²) in [6, 6.07) is 9.13. The monoisotopic (exact) mass is 285 g/mol. The van der Waals surface area contributed by atoms with Gasteiger partial charge in [-0.1, -0.05) is 57.4 Å². The maximum Gasteiger partial charge on any atom is 0.244 e. The minimum Gasteiger partial charge on any atom is -0.237 e. The molecular formula is C19H29N2+. The largest absolute Gasteiger partial charge is 0.244 e. The predicted molar refractivity (Wildman–Crippen MR) is 88.3 cm³/mol. The second-order valence-corrected chi connectivity index (χ2v) is 5.95. The number of hydrogen-bond donors (Lipinski definition) is 0. The molecule has 0 N–H and O–H groups in total. The Morgan fingerprint density at radius 2 is 1.62 bits per heavy atom. The first-order valence-corrected chi connectivity index (χ1v) is 8.44. The van der Waals surface area contributed by atoms with Crippen LogP contribution in [-0.4, -0.2) is 4.57 Å². The van der Waals surface area contributed by atoms with Gasteiger partial charge in [-0.3, -0.25) is 0 Å². The molecule has 0 saturated heterocycles. The van der Waals surface area contributed by atoms with Crippen LogP contribution in [0.1, 0.15) is 57.1 Å². The van der Waals surface area contributed by atoms with Crippen LogP contribution in [0.3, 0.4) is 0 Å². The van der Waals surface area contributed by atoms with E-state index in [4.69, 9.17) is 0 Å². The van der Waals surface area contributed by atoms with Gasteiger partial charge < -0.3 is 0 Å². The number of rotatable bonds is 9. The normalized spacial score (nSPS) is 11.0. The van der Waals surface area contributed by atoms with E-state index in [1.165, 1.54) is 49.7 Å². The van der Waals surface area contributed by atoms with Crippen LogP contribution in [0.4, 0.5) is 0 Å². The van der Waals surface area contributed by atoms with Gasteiger partial charge in [0.25, 0.3) is 0 Å². The summed E-state index contributed by atoms with van der Waals surface area (Å²) >= 11 is 0. The third kappa shape index (κ3) is 5.37. The molecule has 0 saturated carbocycles. The standard InChI is InChI=1S/C19H29N2/c1-3-5-7-8-18-9-11-19(12-10-18)16-21-15-14-20(17-21)13-6-4-2/h9-12,14-15,17H,3-8,13,16H2,1-2H3/q+1. The second-order valence-electron chi connectivity index (χ2n) is 5.95. The number of aryl methyl sites for hydroxylation is 2. The Kier molecular flexibility index (Phi) is 6.52. The van der Waals surface area contributed by atoms with Gasteiger partial charge >= 0.3 is 0 Å². The smallest absolute Gasteiger partial charge is 0.237 e. The zero-order chi connectivity index (χ0) is 14.9. The van der Waals surface area contributed by atoms with Crippen molar-refractivity contribution < 1.29 is 4.57 Å². The van der Waals surface area contributed by atoms with Crippen LogP contribution >= 0.6 is 0 Å². The minimum absolute atomic E-state index is 0.967. The van der Waals surface area contributed by atoms with Gasteiger partial charge in [0.1, 0.15) is 18.9 Å². The molecule has 0 radical (unpaired) electrons. The summed E-state index contributed by atoms with van der Waals surface area (Å²) in [6.45, 7) is 6.58. The molecule has 0 atom stereocenters. The maximum absolute atomic E-state index is 2.29. The van der Waals surface area contributed by atoms with E-state index in [1.807, 2.05) is 0 Å². The Labute approximate surface area is 129 Å². The van der Waals surface area contributed by atoms with Crippen LogP contribution < -0.4 is 4.57 Å². The molecule has 114 valence electrons. The van der Waals surface area contributed by atoms with Gasteiger partial charge in [-0.2, -0.15) is 0 Å². The lowest BCUT2D eigenvalue weighted by molar-refractivity contribution is -0.687. The van der Waals surface area contributed by atoms with E-state index in [1.54, 1.807) is 0 Å². The van der Waals surface area contributed by atoms with Crippen molar-refractivity contribution in [2.75, 3.05) is 0 Å². The molecular weight excluding hydrogens is 256 g/mol. The van der Waals surface area contributed by atoms with Crippen molar-refractivity contribution >= 4 is 0 Å². The van der Waals surface area contributed by atoms with Crippen molar-refractivity contribution in [3.05, 3.63) is 54.1 Å². The van der Waals surface area contributed by atoms with Crippen LogP contribution in [-0.2, 0) is 19.5 Å². The fourth-order valence-electron chi connectivity index (χ4n) is 2.61. The van der Waals surface area contributed by atoms with E-state index in [0.29, 0.717) is 0 Å². The molecule has 1 aromatic heterocycles. The first kappa shape index (κ1) is 15.8. The van der Waals surface area contributed by atoms with Gasteiger partial charge in [-0.15, -0.1) is 0 Å². The van der Waals surface area contributed by atoms with Crippen molar-refractivity contribution in [1.82, 2.24) is 4.57 Å². The van der Waals surface area contributed by atoms with E-state index in [0.717, 1.165) is 13.1 Å². The quantitative estimate of drug-likeness (QED) is 0.478. The fraction of sp³-hybridized carbons (Fsp3) is 0.526. The van der Waals surface area contributed by atoms with Crippen molar-refractivity contribution in [3.63, 3.8) is 0 Å². The van der Waals surface area contributed by atoms with E-state index < -0.39 is 0 Å². The van der Waals surface area contributed by atoms with Gasteiger partial charge in [-0.25, -0.2) is 9.13 Å². The molecule has 2 heteroatoms. The third-order valence-electron chi connectivity index (χ3n) is 3.97. The number of imidazole rings is 1. The van der Waals surface area contributed by atoms with E-state index in [2.05, 4.69) is 66.0 Å². The Morgan fingerprint density at radius 1 is 0.905 bits per heavy atom. The lowest BCUT2D eigenvalue weighted by Crippen LogP contribution is -2.31. The highest BCUT2D eigenvalue weighted by Crippen LogP contribution is 2.09. The molecule has 2 nitrogen and oxygen atoms in total. The van der Waals surface area contributed by atoms with E-state index >= 15 is 0 Å². The van der Waals surface area contributed by atoms with Crippen LogP contribution in [0, 0.1) is 0 Å². The molecule has 2 aromatic rings. The molecule has 0 spiro atoms. The summed E-state index contributed by atoms with van der Waals surface area (Å²) in [5.74, 6) is 0. The number of benzene rings is 1. The molecule has 0 aliphatic carbocycles. The summed E-state index contributed by atoms with van der Waals surface area (Å²) < 4.78 is 4.55. The Hall–Kier alpha value is -1.57. The molecule has 21 heavy (non-hydrogen) atoms. The van der Waals surface area contributed by atoms with Crippen LogP contribution in [0.5, 0.6) is 0 Å². The minimum atomic E-state index is 0.967. The first-order valence-electron chi connectivity index (χ1n) is 8.44. The topological polar surface area (TPSA) is 8.81 Å². The van der Waals surface area contributed by atoms with Crippen LogP contribution in [0.15, 0.2) is 43.0 Å². The van der Waals surface area contributed by atoms with Crippen LogP contribution in [0.25, 0.3) is 0 Å². The number of unbranched alkanes of at least 4 members (excludes halogenated alkanes) is 3. The Balaban J connectivity index is 1.86. The van der Waals surface area contributed by atoms with Gasteiger partial charge in [0.05, 0.1) is 6.54 Å². The van der Waals surface area contributed by atoms with Crippen molar-refractivity contribution in [2.24, 2.45) is 0 Å². The zero-order valence-corrected chi connectivity index (χ0v) is 13.6. The lowest BCUT2D eigenvalue weighted by Gasteiger charge is -2.03. The van der Waals surface area contributed by atoms with Crippen molar-refractivity contribution in [1.29, 1.82) is 0 Å². The maximum atomic E-state index is 2.29. The molecule has 1 aromatic carbocycles. The zero-order valence-electron chi connectivity index (χ0n) is 13.6. The second kappa shape index (κ2) is 8.66. The summed E-state index contributed by atoms with van der Waals surface area (Å²) in [4.78, 5) is 0. The highest BCUT2D eigenvalue weighted by Gasteiger charge is 2.04. The average Bonchev–Trinajstić information content (AvgIpc) is 2.95. The summed E-state index contributed by atoms with van der Waals surface area (Å²) in [5.41, 5.74) is 2.85. The first-order chi connectivity index (χ1) is 10.3.